The number of likely N-dealkylation sites (tertiary alicyclic amines) is 1. The van der Waals surface area contributed by atoms with E-state index in [1.54, 1.807) is 12.1 Å². The molecule has 2 heterocycles. The van der Waals surface area contributed by atoms with E-state index in [9.17, 15) is 15.0 Å². The first-order chi connectivity index (χ1) is 13.2. The number of aromatic hydroxyl groups is 1. The van der Waals surface area contributed by atoms with Crippen molar-refractivity contribution in [1.82, 2.24) is 14.5 Å². The van der Waals surface area contributed by atoms with E-state index in [4.69, 9.17) is 0 Å². The Bertz CT molecular complexity index is 970. The van der Waals surface area contributed by atoms with Crippen molar-refractivity contribution in [3.8, 4) is 5.75 Å². The highest BCUT2D eigenvalue weighted by molar-refractivity contribution is 5.75. The molecule has 1 atom stereocenters. The number of imidazole rings is 1. The summed E-state index contributed by atoms with van der Waals surface area (Å²) in [4.78, 5) is 17.6. The number of aromatic amines is 1. The van der Waals surface area contributed by atoms with Crippen molar-refractivity contribution in [2.45, 2.75) is 31.3 Å². The van der Waals surface area contributed by atoms with Crippen LogP contribution in [0.3, 0.4) is 0 Å². The number of aliphatic hydroxyl groups is 1. The number of piperidine rings is 1. The van der Waals surface area contributed by atoms with Gasteiger partial charge >= 0.3 is 5.69 Å². The summed E-state index contributed by atoms with van der Waals surface area (Å²) in [6.07, 6.45) is 2.44. The minimum absolute atomic E-state index is 0.0208. The molecule has 0 saturated carbocycles. The first-order valence-electron chi connectivity index (χ1n) is 9.48. The van der Waals surface area contributed by atoms with E-state index in [1.807, 2.05) is 41.0 Å². The van der Waals surface area contributed by atoms with Gasteiger partial charge in [-0.3, -0.25) is 9.47 Å². The lowest BCUT2D eigenvalue weighted by atomic mass is 9.99. The predicted octanol–water partition coefficient (Wildman–Crippen LogP) is 2.28. The van der Waals surface area contributed by atoms with Crippen LogP contribution in [-0.4, -0.2) is 50.4 Å². The lowest BCUT2D eigenvalue weighted by Crippen LogP contribution is -2.45. The standard InChI is InChI=1S/C21H25N3O3/c25-14-17(12-15-4-3-5-18(26)13-15)23-10-8-16(9-11-23)24-20-7-2-1-6-19(20)22-21(24)27/h1-7,13,16-17,25-26H,8-12,14H2,(H,22,27). The Balaban J connectivity index is 1.46. The minimum atomic E-state index is -0.0480. The zero-order valence-corrected chi connectivity index (χ0v) is 15.2. The van der Waals surface area contributed by atoms with E-state index in [0.717, 1.165) is 42.5 Å². The molecular weight excluding hydrogens is 342 g/mol. The molecule has 1 aliphatic rings. The second-order valence-electron chi connectivity index (χ2n) is 7.29. The number of hydrogen-bond acceptors (Lipinski definition) is 4. The summed E-state index contributed by atoms with van der Waals surface area (Å²) in [6.45, 7) is 1.74. The Hall–Kier alpha value is -2.57. The Morgan fingerprint density at radius 1 is 1.11 bits per heavy atom. The number of aliphatic hydroxyl groups excluding tert-OH is 1. The van der Waals surface area contributed by atoms with Crippen LogP contribution in [0.15, 0.2) is 53.3 Å². The fraction of sp³-hybridized carbons (Fsp3) is 0.381. The van der Waals surface area contributed by atoms with Crippen LogP contribution in [0.5, 0.6) is 5.75 Å². The fourth-order valence-corrected chi connectivity index (χ4v) is 4.21. The number of benzene rings is 2. The topological polar surface area (TPSA) is 81.5 Å². The van der Waals surface area contributed by atoms with E-state index in [0.29, 0.717) is 6.42 Å². The van der Waals surface area contributed by atoms with Gasteiger partial charge in [0.05, 0.1) is 17.6 Å². The second-order valence-corrected chi connectivity index (χ2v) is 7.29. The van der Waals surface area contributed by atoms with Gasteiger partial charge in [0.15, 0.2) is 0 Å². The summed E-state index contributed by atoms with van der Waals surface area (Å²) in [5, 5.41) is 19.5. The van der Waals surface area contributed by atoms with Crippen LogP contribution in [0, 0.1) is 0 Å². The third-order valence-electron chi connectivity index (χ3n) is 5.60. The van der Waals surface area contributed by atoms with Crippen molar-refractivity contribution in [3.05, 3.63) is 64.6 Å². The largest absolute Gasteiger partial charge is 0.508 e. The third kappa shape index (κ3) is 3.63. The molecule has 142 valence electrons. The number of hydrogen-bond donors (Lipinski definition) is 3. The van der Waals surface area contributed by atoms with E-state index in [1.165, 1.54) is 0 Å². The molecule has 3 N–H and O–H groups in total. The summed E-state index contributed by atoms with van der Waals surface area (Å²) < 4.78 is 1.88. The van der Waals surface area contributed by atoms with Crippen molar-refractivity contribution in [2.24, 2.45) is 0 Å². The first-order valence-corrected chi connectivity index (χ1v) is 9.48. The number of fused-ring (bicyclic) bond motifs is 1. The number of phenolic OH excluding ortho intramolecular Hbond substituents is 1. The Morgan fingerprint density at radius 2 is 1.89 bits per heavy atom. The summed E-state index contributed by atoms with van der Waals surface area (Å²) in [7, 11) is 0. The van der Waals surface area contributed by atoms with Gasteiger partial charge in [-0.2, -0.15) is 0 Å². The first kappa shape index (κ1) is 17.8. The molecule has 0 spiro atoms. The van der Waals surface area contributed by atoms with E-state index >= 15 is 0 Å². The second kappa shape index (κ2) is 7.58. The molecule has 0 bridgehead atoms. The van der Waals surface area contributed by atoms with Gasteiger partial charge in [-0.1, -0.05) is 24.3 Å². The third-order valence-corrected chi connectivity index (χ3v) is 5.60. The van der Waals surface area contributed by atoms with Crippen LogP contribution in [-0.2, 0) is 6.42 Å². The average molecular weight is 367 g/mol. The summed E-state index contributed by atoms with van der Waals surface area (Å²) >= 11 is 0. The number of para-hydroxylation sites is 2. The van der Waals surface area contributed by atoms with Crippen molar-refractivity contribution in [2.75, 3.05) is 19.7 Å². The van der Waals surface area contributed by atoms with Gasteiger partial charge in [-0.05, 0) is 49.1 Å². The van der Waals surface area contributed by atoms with E-state index in [2.05, 4.69) is 9.88 Å². The molecule has 1 aliphatic heterocycles. The number of rotatable bonds is 5. The fourth-order valence-electron chi connectivity index (χ4n) is 4.21. The van der Waals surface area contributed by atoms with Gasteiger partial charge in [0, 0.05) is 25.2 Å². The molecule has 27 heavy (non-hydrogen) atoms. The highest BCUT2D eigenvalue weighted by Gasteiger charge is 2.27. The van der Waals surface area contributed by atoms with Gasteiger partial charge in [0.2, 0.25) is 0 Å². The van der Waals surface area contributed by atoms with E-state index < -0.39 is 0 Å². The highest BCUT2D eigenvalue weighted by atomic mass is 16.3. The van der Waals surface area contributed by atoms with Gasteiger partial charge in [0.25, 0.3) is 0 Å². The zero-order chi connectivity index (χ0) is 18.8. The molecule has 1 fully saturated rings. The van der Waals surface area contributed by atoms with Gasteiger partial charge in [-0.15, -0.1) is 0 Å². The van der Waals surface area contributed by atoms with Gasteiger partial charge < -0.3 is 15.2 Å². The monoisotopic (exact) mass is 367 g/mol. The van der Waals surface area contributed by atoms with E-state index in [-0.39, 0.29) is 30.1 Å². The number of H-pyrrole nitrogens is 1. The molecule has 1 unspecified atom stereocenters. The SMILES string of the molecule is O=c1[nH]c2ccccc2n1C1CCN(C(CO)Cc2cccc(O)c2)CC1. The highest BCUT2D eigenvalue weighted by Crippen LogP contribution is 2.26. The maximum Gasteiger partial charge on any atom is 0.326 e. The normalized spacial score (nSPS) is 17.4. The quantitative estimate of drug-likeness (QED) is 0.646. The number of aromatic nitrogens is 2. The number of phenols is 1. The van der Waals surface area contributed by atoms with Crippen molar-refractivity contribution >= 4 is 11.0 Å². The maximum atomic E-state index is 12.4. The minimum Gasteiger partial charge on any atom is -0.508 e. The predicted molar refractivity (Wildman–Crippen MR) is 105 cm³/mol. The van der Waals surface area contributed by atoms with Crippen LogP contribution < -0.4 is 5.69 Å². The number of nitrogens with one attached hydrogen (secondary N) is 1. The average Bonchev–Trinajstić information content (AvgIpc) is 3.02. The molecule has 6 nitrogen and oxygen atoms in total. The molecule has 6 heteroatoms. The van der Waals surface area contributed by atoms with Crippen LogP contribution in [0.1, 0.15) is 24.4 Å². The summed E-state index contributed by atoms with van der Waals surface area (Å²) in [5.41, 5.74) is 2.80. The van der Waals surface area contributed by atoms with Crippen molar-refractivity contribution in [1.29, 1.82) is 0 Å². The molecule has 1 saturated heterocycles. The van der Waals surface area contributed by atoms with Crippen LogP contribution in [0.25, 0.3) is 11.0 Å². The lowest BCUT2D eigenvalue weighted by Gasteiger charge is -2.37. The van der Waals surface area contributed by atoms with Gasteiger partial charge in [0.1, 0.15) is 5.75 Å². The Labute approximate surface area is 157 Å². The van der Waals surface area contributed by atoms with Crippen LogP contribution in [0.4, 0.5) is 0 Å². The summed E-state index contributed by atoms with van der Waals surface area (Å²) in [6, 6.07) is 15.2. The number of nitrogens with zero attached hydrogens (tertiary/aromatic N) is 2. The Morgan fingerprint density at radius 3 is 2.63 bits per heavy atom. The molecule has 1 aromatic heterocycles. The van der Waals surface area contributed by atoms with Crippen LogP contribution in [0.2, 0.25) is 0 Å². The van der Waals surface area contributed by atoms with Crippen LogP contribution >= 0.6 is 0 Å². The lowest BCUT2D eigenvalue weighted by molar-refractivity contribution is 0.0884. The summed E-state index contributed by atoms with van der Waals surface area (Å²) in [5.74, 6) is 0.251. The Kier molecular flexibility index (Phi) is 5.01. The molecule has 3 aromatic rings. The molecule has 4 rings (SSSR count). The molecular formula is C21H25N3O3. The zero-order valence-electron chi connectivity index (χ0n) is 15.2. The van der Waals surface area contributed by atoms with Crippen molar-refractivity contribution < 1.29 is 10.2 Å². The molecule has 2 aromatic carbocycles. The molecule has 0 aliphatic carbocycles. The molecule has 0 amide bonds. The smallest absolute Gasteiger partial charge is 0.326 e. The molecule has 0 radical (unpaired) electrons. The van der Waals surface area contributed by atoms with Crippen molar-refractivity contribution in [3.63, 3.8) is 0 Å². The van der Waals surface area contributed by atoms with Gasteiger partial charge in [-0.25, -0.2) is 4.79 Å². The maximum absolute atomic E-state index is 12.4.